The lowest BCUT2D eigenvalue weighted by molar-refractivity contribution is -0.121. The standard InChI is InChI=1S/C21H20N4O2S/c1-27-18-11-9-17(10-12-18)20-23-24-21(28)25(20)15-13-19(26)22-14-5-8-16-6-3-2-4-7-16/h2-4,6-7,9-12H,13-15H2,1H3,(H,22,26)(H,24,28). The summed E-state index contributed by atoms with van der Waals surface area (Å²) in [5, 5.41) is 9.87. The quantitative estimate of drug-likeness (QED) is 0.499. The van der Waals surface area contributed by atoms with E-state index in [4.69, 9.17) is 17.0 Å². The lowest BCUT2D eigenvalue weighted by atomic mass is 10.2. The van der Waals surface area contributed by atoms with Crippen molar-refractivity contribution in [2.75, 3.05) is 13.7 Å². The van der Waals surface area contributed by atoms with E-state index in [1.807, 2.05) is 59.2 Å². The summed E-state index contributed by atoms with van der Waals surface area (Å²) in [7, 11) is 1.62. The summed E-state index contributed by atoms with van der Waals surface area (Å²) in [5.41, 5.74) is 1.81. The first-order valence-electron chi connectivity index (χ1n) is 8.77. The van der Waals surface area contributed by atoms with E-state index in [9.17, 15) is 4.79 Å². The first-order valence-corrected chi connectivity index (χ1v) is 9.18. The first kappa shape index (κ1) is 19.4. The molecule has 6 nitrogen and oxygen atoms in total. The van der Waals surface area contributed by atoms with E-state index in [1.54, 1.807) is 7.11 Å². The van der Waals surface area contributed by atoms with Crippen molar-refractivity contribution < 1.29 is 9.53 Å². The fourth-order valence-electron chi connectivity index (χ4n) is 2.60. The molecule has 0 aliphatic heterocycles. The zero-order chi connectivity index (χ0) is 19.8. The minimum atomic E-state index is -0.0915. The van der Waals surface area contributed by atoms with Crippen molar-refractivity contribution in [3.63, 3.8) is 0 Å². The topological polar surface area (TPSA) is 71.9 Å². The summed E-state index contributed by atoms with van der Waals surface area (Å²) in [6.45, 7) is 0.727. The second-order valence-electron chi connectivity index (χ2n) is 5.93. The van der Waals surface area contributed by atoms with Crippen LogP contribution >= 0.6 is 12.2 Å². The fourth-order valence-corrected chi connectivity index (χ4v) is 2.82. The van der Waals surface area contributed by atoms with E-state index in [1.165, 1.54) is 0 Å². The maximum atomic E-state index is 12.1. The number of rotatable bonds is 6. The Morgan fingerprint density at radius 2 is 1.96 bits per heavy atom. The average Bonchev–Trinajstić information content (AvgIpc) is 3.11. The monoisotopic (exact) mass is 392 g/mol. The van der Waals surface area contributed by atoms with Crippen LogP contribution in [-0.2, 0) is 11.3 Å². The molecule has 0 unspecified atom stereocenters. The molecule has 0 bridgehead atoms. The molecule has 0 saturated heterocycles. The Labute approximate surface area is 168 Å². The van der Waals surface area contributed by atoms with Crippen LogP contribution in [0.3, 0.4) is 0 Å². The van der Waals surface area contributed by atoms with Crippen molar-refractivity contribution in [1.82, 2.24) is 20.1 Å². The van der Waals surface area contributed by atoms with Gasteiger partial charge in [-0.15, -0.1) is 0 Å². The van der Waals surface area contributed by atoms with Gasteiger partial charge < -0.3 is 10.1 Å². The molecule has 0 saturated carbocycles. The average molecular weight is 392 g/mol. The molecule has 3 aromatic rings. The molecule has 28 heavy (non-hydrogen) atoms. The van der Waals surface area contributed by atoms with E-state index in [-0.39, 0.29) is 12.3 Å². The first-order chi connectivity index (χ1) is 13.7. The third-order valence-corrected chi connectivity index (χ3v) is 4.36. The molecule has 0 spiro atoms. The SMILES string of the molecule is COc1ccc(-c2n[nH]c(=S)n2CCC(=O)NCC#Cc2ccccc2)cc1. The molecule has 2 aromatic carbocycles. The van der Waals surface area contributed by atoms with Crippen LogP contribution in [0.1, 0.15) is 12.0 Å². The molecule has 2 N–H and O–H groups in total. The Bertz CT molecular complexity index is 1040. The highest BCUT2D eigenvalue weighted by atomic mass is 32.1. The van der Waals surface area contributed by atoms with Gasteiger partial charge in [-0.3, -0.25) is 14.5 Å². The fraction of sp³-hybridized carbons (Fsp3) is 0.190. The lowest BCUT2D eigenvalue weighted by Crippen LogP contribution is -2.24. The number of methoxy groups -OCH3 is 1. The zero-order valence-corrected chi connectivity index (χ0v) is 16.3. The van der Waals surface area contributed by atoms with Gasteiger partial charge >= 0.3 is 0 Å². The van der Waals surface area contributed by atoms with E-state index >= 15 is 0 Å². The van der Waals surface area contributed by atoms with Crippen molar-refractivity contribution in [2.45, 2.75) is 13.0 Å². The maximum Gasteiger partial charge on any atom is 0.222 e. The molecule has 7 heteroatoms. The second-order valence-corrected chi connectivity index (χ2v) is 6.31. The predicted molar refractivity (Wildman–Crippen MR) is 110 cm³/mol. The number of aromatic nitrogens is 3. The van der Waals surface area contributed by atoms with E-state index in [0.717, 1.165) is 16.9 Å². The van der Waals surface area contributed by atoms with Crippen LogP contribution in [0.2, 0.25) is 0 Å². The molecule has 1 heterocycles. The number of benzene rings is 2. The van der Waals surface area contributed by atoms with Crippen LogP contribution in [0, 0.1) is 16.6 Å². The highest BCUT2D eigenvalue weighted by Gasteiger charge is 2.10. The van der Waals surface area contributed by atoms with Crippen molar-refractivity contribution >= 4 is 18.1 Å². The van der Waals surface area contributed by atoms with Crippen molar-refractivity contribution in [3.05, 3.63) is 64.9 Å². The number of hydrogen-bond acceptors (Lipinski definition) is 4. The predicted octanol–water partition coefficient (Wildman–Crippen LogP) is 3.17. The number of nitrogens with one attached hydrogen (secondary N) is 2. The Balaban J connectivity index is 1.57. The molecule has 142 valence electrons. The molecule has 0 fully saturated rings. The Kier molecular flexibility index (Phi) is 6.60. The molecule has 1 aromatic heterocycles. The van der Waals surface area contributed by atoms with Crippen LogP contribution in [0.25, 0.3) is 11.4 Å². The van der Waals surface area contributed by atoms with Crippen LogP contribution < -0.4 is 10.1 Å². The minimum Gasteiger partial charge on any atom is -0.497 e. The molecule has 3 rings (SSSR count). The molecule has 0 atom stereocenters. The molecule has 0 aliphatic carbocycles. The van der Waals surface area contributed by atoms with Crippen LogP contribution in [0.5, 0.6) is 5.75 Å². The zero-order valence-electron chi connectivity index (χ0n) is 15.4. The summed E-state index contributed by atoms with van der Waals surface area (Å²) in [4.78, 5) is 12.1. The Hall–Kier alpha value is -3.37. The van der Waals surface area contributed by atoms with Crippen molar-refractivity contribution in [2.24, 2.45) is 0 Å². The largest absolute Gasteiger partial charge is 0.497 e. The van der Waals surface area contributed by atoms with Gasteiger partial charge in [0.1, 0.15) is 5.75 Å². The van der Waals surface area contributed by atoms with Gasteiger partial charge in [0.15, 0.2) is 10.6 Å². The van der Waals surface area contributed by atoms with Gasteiger partial charge in [-0.05, 0) is 48.6 Å². The number of carbonyl (C=O) groups is 1. The Morgan fingerprint density at radius 1 is 1.21 bits per heavy atom. The summed E-state index contributed by atoms with van der Waals surface area (Å²) in [5.74, 6) is 7.31. The molecular weight excluding hydrogens is 372 g/mol. The van der Waals surface area contributed by atoms with E-state index < -0.39 is 0 Å². The molecular formula is C21H20N4O2S. The minimum absolute atomic E-state index is 0.0915. The number of hydrogen-bond donors (Lipinski definition) is 2. The number of carbonyl (C=O) groups excluding carboxylic acids is 1. The van der Waals surface area contributed by atoms with Crippen LogP contribution in [-0.4, -0.2) is 34.3 Å². The maximum absolute atomic E-state index is 12.1. The number of ether oxygens (including phenoxy) is 1. The molecule has 0 aliphatic rings. The second kappa shape index (κ2) is 9.53. The van der Waals surface area contributed by atoms with E-state index in [0.29, 0.717) is 23.7 Å². The van der Waals surface area contributed by atoms with Gasteiger partial charge in [0.05, 0.1) is 13.7 Å². The summed E-state index contributed by atoms with van der Waals surface area (Å²) in [6, 6.07) is 17.2. The van der Waals surface area contributed by atoms with Gasteiger partial charge in [0.25, 0.3) is 0 Å². The van der Waals surface area contributed by atoms with Crippen LogP contribution in [0.15, 0.2) is 54.6 Å². The summed E-state index contributed by atoms with van der Waals surface area (Å²) >= 11 is 5.30. The normalized spacial score (nSPS) is 10.0. The molecule has 0 radical (unpaired) electrons. The third-order valence-electron chi connectivity index (χ3n) is 4.05. The third kappa shape index (κ3) is 5.09. The van der Waals surface area contributed by atoms with Gasteiger partial charge in [0, 0.05) is 24.1 Å². The van der Waals surface area contributed by atoms with E-state index in [2.05, 4.69) is 27.4 Å². The number of H-pyrrole nitrogens is 1. The smallest absolute Gasteiger partial charge is 0.222 e. The number of aromatic amines is 1. The van der Waals surface area contributed by atoms with Gasteiger partial charge in [-0.25, -0.2) is 0 Å². The van der Waals surface area contributed by atoms with Crippen molar-refractivity contribution in [1.29, 1.82) is 0 Å². The van der Waals surface area contributed by atoms with Gasteiger partial charge in [0.2, 0.25) is 5.91 Å². The number of nitrogens with zero attached hydrogens (tertiary/aromatic N) is 2. The highest BCUT2D eigenvalue weighted by Crippen LogP contribution is 2.21. The summed E-state index contributed by atoms with van der Waals surface area (Å²) in [6.07, 6.45) is 0.282. The summed E-state index contributed by atoms with van der Waals surface area (Å²) < 4.78 is 7.46. The number of amides is 1. The van der Waals surface area contributed by atoms with Gasteiger partial charge in [-0.1, -0.05) is 30.0 Å². The Morgan fingerprint density at radius 3 is 2.68 bits per heavy atom. The van der Waals surface area contributed by atoms with Crippen LogP contribution in [0.4, 0.5) is 0 Å². The molecule has 1 amide bonds. The highest BCUT2D eigenvalue weighted by molar-refractivity contribution is 7.71. The lowest BCUT2D eigenvalue weighted by Gasteiger charge is -2.07. The van der Waals surface area contributed by atoms with Gasteiger partial charge in [-0.2, -0.15) is 5.10 Å². The van der Waals surface area contributed by atoms with Crippen molar-refractivity contribution in [3.8, 4) is 29.0 Å².